The zero-order valence-electron chi connectivity index (χ0n) is 45.7. The third-order valence-corrected chi connectivity index (χ3v) is 13.9. The summed E-state index contributed by atoms with van der Waals surface area (Å²) in [6, 6.07) is 11.4. The first-order valence-electron chi connectivity index (χ1n) is 23.6. The van der Waals surface area contributed by atoms with Crippen LogP contribution in [0.2, 0.25) is 0 Å². The number of nitrogens with one attached hydrogen (secondary N) is 2. The van der Waals surface area contributed by atoms with E-state index in [1.54, 1.807) is 34.0 Å². The summed E-state index contributed by atoms with van der Waals surface area (Å²) < 4.78 is 19.0. The SMILES string of the molecule is C.CCCCCCCN.CCCCCCCNC(=O)CCSSc1ccccn1.CCCCCCCNC(=O)CCS[S-].F[CH-]F.NC(N)N.O=C(CCSSc1ccccn1)ON1C(=O)CCC1=O.[K+].[K+].[K+].[NH2-].[NH2-].[NH2-]. The van der Waals surface area contributed by atoms with Gasteiger partial charge in [0, 0.05) is 62.7 Å². The average Bonchev–Trinajstić information content (AvgIpc) is 3.65. The van der Waals surface area contributed by atoms with Crippen molar-refractivity contribution in [3.05, 3.63) is 74.2 Å². The Balaban J connectivity index is -0.0000000919. The Morgan fingerprint density at radius 1 is 0.658 bits per heavy atom. The molecule has 16 N–H and O–H groups in total. The van der Waals surface area contributed by atoms with E-state index in [9.17, 15) is 32.8 Å². The van der Waals surface area contributed by atoms with Gasteiger partial charge in [-0.2, -0.15) is 0 Å². The van der Waals surface area contributed by atoms with E-state index >= 15 is 0 Å². The molecule has 0 atom stereocenters. The second-order valence-corrected chi connectivity index (χ2v) is 20.9. The number of halogens is 2. The van der Waals surface area contributed by atoms with Gasteiger partial charge in [-0.15, -0.1) is 5.06 Å². The standard InChI is InChI=1S/C15H24N2OS2.C12H12N2O4S2.C10H21NOS2.C7H17N.CHF2.CH7N3.CH4.3K.3H2N/c1-2-3-4-5-7-11-16-14(18)10-13-19-20-15-9-6-8-12-17-15;15-10-4-5-11(16)14(10)18-12(17)6-8-19-20-9-3-1-2-7-13-9;1-2-3-4-5-6-8-11-10(12)7-9-14-13;1-2-3-4-5-6-7-8;2-1-3;2-1(3)4;;;;;;;/h6,8-9,12H,2-5,7,10-11,13H2,1H3,(H,16,18);1-3,7H,4-6,8H2;13H,2-9H2,1H3,(H,11,12);2-8H2,1H3;1H;1H,2-4H2;1H4;;;;3*1H2/q;;;;-1;;;3*+1;3*-1/p-1. The molecule has 0 aliphatic carbocycles. The molecule has 0 radical (unpaired) electrons. The number of aromatic nitrogens is 2. The van der Waals surface area contributed by atoms with E-state index < -0.39 is 31.0 Å². The number of carbonyl (C=O) groups excluding carboxylic acids is 5. The molecule has 430 valence electrons. The van der Waals surface area contributed by atoms with Gasteiger partial charge in [-0.05, 0) is 84.3 Å². The van der Waals surface area contributed by atoms with Crippen LogP contribution in [0.1, 0.15) is 157 Å². The molecule has 29 heteroatoms. The van der Waals surface area contributed by atoms with Crippen LogP contribution < -0.4 is 188 Å². The van der Waals surface area contributed by atoms with Crippen LogP contribution in [-0.4, -0.2) is 87.8 Å². The van der Waals surface area contributed by atoms with Gasteiger partial charge in [0.2, 0.25) is 11.8 Å². The number of hydrogen-bond acceptors (Lipinski definition) is 18. The maximum Gasteiger partial charge on any atom is 1.00 e. The minimum absolute atomic E-state index is 0. The molecule has 4 amide bonds. The van der Waals surface area contributed by atoms with E-state index in [-0.39, 0.29) is 211 Å². The molecule has 76 heavy (non-hydrogen) atoms. The number of hydroxylamine groups is 2. The third kappa shape index (κ3) is 78.5. The number of nitrogens with two attached hydrogens (primary N) is 7. The van der Waals surface area contributed by atoms with Crippen molar-refractivity contribution >= 4 is 95.2 Å². The Kier molecular flexibility index (Phi) is 108. The van der Waals surface area contributed by atoms with Crippen LogP contribution in [0.3, 0.4) is 0 Å². The molecule has 0 unspecified atom stereocenters. The monoisotopic (exact) mass is 1270 g/mol. The number of hydrogen-bond donors (Lipinski definition) is 6. The molecule has 1 aliphatic heterocycles. The maximum atomic E-state index is 11.6. The zero-order valence-corrected chi connectivity index (χ0v) is 60.0. The summed E-state index contributed by atoms with van der Waals surface area (Å²) in [6.45, 7) is 8.15. The number of imide groups is 1. The minimum atomic E-state index is -1.00. The predicted molar refractivity (Wildman–Crippen MR) is 313 cm³/mol. The molecule has 1 saturated heterocycles. The average molecular weight is 1270 g/mol. The van der Waals surface area contributed by atoms with Gasteiger partial charge >= 0.3 is 160 Å². The van der Waals surface area contributed by atoms with Gasteiger partial charge in [-0.3, -0.25) is 19.2 Å². The Morgan fingerprint density at radius 3 is 1.36 bits per heavy atom. The predicted octanol–water partition coefficient (Wildman–Crippen LogP) is 3.68. The number of unbranched alkanes of at least 4 members (excludes halogenated alkanes) is 12. The molecule has 0 aromatic carbocycles. The van der Waals surface area contributed by atoms with Gasteiger partial charge in [0.15, 0.2) is 0 Å². The number of pyridine rings is 2. The van der Waals surface area contributed by atoms with E-state index in [1.807, 2.05) is 36.4 Å². The summed E-state index contributed by atoms with van der Waals surface area (Å²) in [5.41, 5.74) is 19.3. The van der Waals surface area contributed by atoms with Crippen molar-refractivity contribution in [2.75, 3.05) is 36.9 Å². The summed E-state index contributed by atoms with van der Waals surface area (Å²) in [5, 5.41) is 8.30. The van der Waals surface area contributed by atoms with Gasteiger partial charge in [0.25, 0.3) is 11.8 Å². The second kappa shape index (κ2) is 81.7. The van der Waals surface area contributed by atoms with Crippen molar-refractivity contribution in [3.8, 4) is 0 Å². The number of nitrogens with zero attached hydrogens (tertiary/aromatic N) is 3. The van der Waals surface area contributed by atoms with Gasteiger partial charge < -0.3 is 88.1 Å². The fourth-order valence-corrected chi connectivity index (χ4v) is 9.27. The Hall–Kier alpha value is 2.44. The van der Waals surface area contributed by atoms with Crippen LogP contribution in [0.5, 0.6) is 0 Å². The topological polar surface area (TPSA) is 352 Å². The van der Waals surface area contributed by atoms with E-state index in [1.165, 1.54) is 116 Å². The second-order valence-electron chi connectivity index (χ2n) is 14.7. The molecule has 1 fully saturated rings. The molecule has 18 nitrogen and oxygen atoms in total. The van der Waals surface area contributed by atoms with Crippen molar-refractivity contribution in [2.24, 2.45) is 22.9 Å². The summed E-state index contributed by atoms with van der Waals surface area (Å²) in [6.07, 6.45) is 23.2. The molecule has 1 aliphatic rings. The van der Waals surface area contributed by atoms with Crippen LogP contribution in [0, 0.1) is 6.93 Å². The van der Waals surface area contributed by atoms with Crippen molar-refractivity contribution in [2.45, 2.75) is 173 Å². The summed E-state index contributed by atoms with van der Waals surface area (Å²) in [5.74, 6) is 0.879. The molecule has 2 aromatic rings. The number of carbonyl (C=O) groups is 5. The first kappa shape index (κ1) is 100. The third-order valence-electron chi connectivity index (χ3n) is 8.49. The summed E-state index contributed by atoms with van der Waals surface area (Å²) in [4.78, 5) is 69.8. The smallest absolute Gasteiger partial charge is 0.719 e. The first-order valence-corrected chi connectivity index (χ1v) is 30.2. The molecule has 0 saturated carbocycles. The quantitative estimate of drug-likeness (QED) is 0.0119. The van der Waals surface area contributed by atoms with Crippen molar-refractivity contribution in [1.82, 2.24) is 25.7 Å². The summed E-state index contributed by atoms with van der Waals surface area (Å²) in [7, 11) is 7.52. The van der Waals surface area contributed by atoms with Crippen molar-refractivity contribution in [3.63, 3.8) is 0 Å². The Labute approximate surface area is 609 Å². The van der Waals surface area contributed by atoms with Crippen LogP contribution in [0.25, 0.3) is 18.5 Å². The Morgan fingerprint density at radius 2 is 1.01 bits per heavy atom. The van der Waals surface area contributed by atoms with E-state index in [0.29, 0.717) is 23.7 Å². The van der Waals surface area contributed by atoms with E-state index in [0.717, 1.165) is 54.0 Å². The molecule has 2 aromatic heterocycles. The molecule has 3 rings (SSSR count). The van der Waals surface area contributed by atoms with Crippen molar-refractivity contribution < 1.29 is 192 Å². The zero-order chi connectivity index (χ0) is 52.0. The molecular formula is C47H91F2K3N12O6S6-2. The number of rotatable bonds is 31. The van der Waals surface area contributed by atoms with E-state index in [4.69, 9.17) is 22.2 Å². The fourth-order valence-electron chi connectivity index (χ4n) is 5.03. The molecule has 0 spiro atoms. The van der Waals surface area contributed by atoms with Crippen LogP contribution >= 0.6 is 54.0 Å². The minimum Gasteiger partial charge on any atom is -0.719 e. The Bertz CT molecular complexity index is 1500. The molecule has 3 heterocycles. The van der Waals surface area contributed by atoms with E-state index in [2.05, 4.69) is 58.6 Å². The fraction of sp³-hybridized carbons (Fsp3) is 0.660. The molecule has 0 bridgehead atoms. The summed E-state index contributed by atoms with van der Waals surface area (Å²) >= 11 is 4.69. The van der Waals surface area contributed by atoms with Crippen molar-refractivity contribution in [1.29, 1.82) is 0 Å². The first-order chi connectivity index (χ1) is 33.4. The molecular weight excluding hydrogens is 1180 g/mol. The van der Waals surface area contributed by atoms with Crippen LogP contribution in [-0.2, 0) is 40.5 Å². The largest absolute Gasteiger partial charge is 1.00 e. The van der Waals surface area contributed by atoms with Gasteiger partial charge in [-0.1, -0.05) is 139 Å². The maximum absolute atomic E-state index is 11.6. The van der Waals surface area contributed by atoms with Crippen LogP contribution in [0.15, 0.2) is 58.8 Å². The van der Waals surface area contributed by atoms with Gasteiger partial charge in [0.05, 0.1) is 6.42 Å². The normalized spacial score (nSPS) is 10.2. The van der Waals surface area contributed by atoms with Crippen LogP contribution in [0.4, 0.5) is 8.78 Å². The van der Waals surface area contributed by atoms with Gasteiger partial charge in [0.1, 0.15) is 16.3 Å². The van der Waals surface area contributed by atoms with Gasteiger partial charge in [-0.25, -0.2) is 14.8 Å². The number of amides is 4.